The van der Waals surface area contributed by atoms with E-state index in [4.69, 9.17) is 0 Å². The molecule has 0 aliphatic carbocycles. The molecule has 4 rings (SSSR count). The zero-order chi connectivity index (χ0) is 19.7. The number of imide groups is 1. The topological polar surface area (TPSA) is 70.6 Å². The monoisotopic (exact) mass is 391 g/mol. The van der Waals surface area contributed by atoms with Crippen molar-refractivity contribution < 1.29 is 14.4 Å². The van der Waals surface area contributed by atoms with Crippen LogP contribution < -0.4 is 9.80 Å². The molecule has 1 aliphatic rings. The fraction of sp³-hybridized carbons (Fsp3) is 0.143. The van der Waals surface area contributed by atoms with Gasteiger partial charge < -0.3 is 0 Å². The Kier molecular flexibility index (Phi) is 4.75. The Morgan fingerprint density at radius 1 is 1.00 bits per heavy atom. The molecule has 28 heavy (non-hydrogen) atoms. The summed E-state index contributed by atoms with van der Waals surface area (Å²) in [5.41, 5.74) is 2.49. The minimum absolute atomic E-state index is 0.215. The molecule has 140 valence electrons. The Bertz CT molecular complexity index is 1030. The summed E-state index contributed by atoms with van der Waals surface area (Å²) < 4.78 is 0. The molecule has 0 saturated carbocycles. The second-order valence-electron chi connectivity index (χ2n) is 6.42. The lowest BCUT2D eigenvalue weighted by Gasteiger charge is -2.20. The Morgan fingerprint density at radius 3 is 2.21 bits per heavy atom. The van der Waals surface area contributed by atoms with Crippen LogP contribution in [0.25, 0.3) is 0 Å². The molecular weight excluding hydrogens is 374 g/mol. The van der Waals surface area contributed by atoms with Gasteiger partial charge in [-0.3, -0.25) is 24.2 Å². The molecule has 2 heterocycles. The second kappa shape index (κ2) is 7.36. The van der Waals surface area contributed by atoms with E-state index in [1.807, 2.05) is 42.6 Å². The third-order valence-corrected chi connectivity index (χ3v) is 5.38. The molecular formula is C21H17N3O3S. The Labute approximate surface area is 166 Å². The van der Waals surface area contributed by atoms with Crippen LogP contribution in [0.15, 0.2) is 60.0 Å². The van der Waals surface area contributed by atoms with Gasteiger partial charge in [0.25, 0.3) is 5.91 Å². The van der Waals surface area contributed by atoms with Gasteiger partial charge in [0.2, 0.25) is 11.8 Å². The van der Waals surface area contributed by atoms with Gasteiger partial charge in [-0.05, 0) is 43.3 Å². The van der Waals surface area contributed by atoms with Crippen molar-refractivity contribution in [3.05, 3.63) is 71.2 Å². The van der Waals surface area contributed by atoms with E-state index in [0.29, 0.717) is 16.4 Å². The number of hydrogen-bond donors (Lipinski definition) is 0. The molecule has 1 saturated heterocycles. The third kappa shape index (κ3) is 3.32. The van der Waals surface area contributed by atoms with Gasteiger partial charge in [-0.1, -0.05) is 18.2 Å². The van der Waals surface area contributed by atoms with Gasteiger partial charge in [0.05, 0.1) is 17.1 Å². The molecule has 3 aromatic rings. The SMILES string of the molecule is Cc1csc(N(C(=O)c2ccc(N3C(=O)CCC3=O)cc2)c2ccccc2)n1. The van der Waals surface area contributed by atoms with Crippen molar-refractivity contribution in [3.63, 3.8) is 0 Å². The molecule has 1 aliphatic heterocycles. The summed E-state index contributed by atoms with van der Waals surface area (Å²) >= 11 is 1.40. The molecule has 0 spiro atoms. The quantitative estimate of drug-likeness (QED) is 0.628. The average Bonchev–Trinajstić information content (AvgIpc) is 3.28. The van der Waals surface area contributed by atoms with E-state index in [1.165, 1.54) is 16.2 Å². The number of hydrogen-bond acceptors (Lipinski definition) is 5. The van der Waals surface area contributed by atoms with Gasteiger partial charge >= 0.3 is 0 Å². The van der Waals surface area contributed by atoms with E-state index >= 15 is 0 Å². The molecule has 0 radical (unpaired) electrons. The van der Waals surface area contributed by atoms with Gasteiger partial charge in [-0.2, -0.15) is 0 Å². The minimum Gasteiger partial charge on any atom is -0.274 e. The summed E-state index contributed by atoms with van der Waals surface area (Å²) in [5.74, 6) is -0.660. The second-order valence-corrected chi connectivity index (χ2v) is 7.25. The number of aryl methyl sites for hydroxylation is 1. The first-order valence-corrected chi connectivity index (χ1v) is 9.70. The first-order valence-electron chi connectivity index (χ1n) is 8.82. The van der Waals surface area contributed by atoms with Crippen LogP contribution >= 0.6 is 11.3 Å². The summed E-state index contributed by atoms with van der Waals surface area (Å²) in [5, 5.41) is 2.48. The van der Waals surface area contributed by atoms with Crippen molar-refractivity contribution in [3.8, 4) is 0 Å². The van der Waals surface area contributed by atoms with Crippen LogP contribution in [0, 0.1) is 6.92 Å². The Hall–Kier alpha value is -3.32. The molecule has 1 fully saturated rings. The zero-order valence-electron chi connectivity index (χ0n) is 15.2. The summed E-state index contributed by atoms with van der Waals surface area (Å²) in [4.78, 5) is 44.3. The van der Waals surface area contributed by atoms with Gasteiger partial charge in [0.1, 0.15) is 0 Å². The number of anilines is 3. The molecule has 0 N–H and O–H groups in total. The summed E-state index contributed by atoms with van der Waals surface area (Å²) in [7, 11) is 0. The first-order chi connectivity index (χ1) is 13.5. The van der Waals surface area contributed by atoms with Crippen LogP contribution in [0.2, 0.25) is 0 Å². The van der Waals surface area contributed by atoms with Crippen LogP contribution in [0.3, 0.4) is 0 Å². The molecule has 0 unspecified atom stereocenters. The highest BCUT2D eigenvalue weighted by molar-refractivity contribution is 7.14. The van der Waals surface area contributed by atoms with Crippen molar-refractivity contribution in [1.29, 1.82) is 0 Å². The highest BCUT2D eigenvalue weighted by atomic mass is 32.1. The lowest BCUT2D eigenvalue weighted by atomic mass is 10.1. The Morgan fingerprint density at radius 2 is 1.64 bits per heavy atom. The van der Waals surface area contributed by atoms with E-state index in [-0.39, 0.29) is 30.6 Å². The third-order valence-electron chi connectivity index (χ3n) is 4.44. The summed E-state index contributed by atoms with van der Waals surface area (Å²) in [6.07, 6.45) is 0.454. The number of carbonyl (C=O) groups excluding carboxylic acids is 3. The first kappa shape index (κ1) is 18.1. The van der Waals surface area contributed by atoms with E-state index < -0.39 is 0 Å². The maximum absolute atomic E-state index is 13.3. The molecule has 0 bridgehead atoms. The van der Waals surface area contributed by atoms with Crippen molar-refractivity contribution in [1.82, 2.24) is 4.98 Å². The number of para-hydroxylation sites is 1. The van der Waals surface area contributed by atoms with Gasteiger partial charge in [-0.15, -0.1) is 11.3 Å². The summed E-state index contributed by atoms with van der Waals surface area (Å²) in [6.45, 7) is 1.88. The molecule has 2 aromatic carbocycles. The predicted molar refractivity (Wildman–Crippen MR) is 108 cm³/mol. The largest absolute Gasteiger partial charge is 0.274 e. The molecule has 3 amide bonds. The number of amides is 3. The van der Waals surface area contributed by atoms with Crippen molar-refractivity contribution in [2.24, 2.45) is 0 Å². The minimum atomic E-state index is -0.230. The van der Waals surface area contributed by atoms with Crippen molar-refractivity contribution in [2.75, 3.05) is 9.80 Å². The van der Waals surface area contributed by atoms with Crippen LogP contribution in [-0.4, -0.2) is 22.7 Å². The van der Waals surface area contributed by atoms with E-state index in [0.717, 1.165) is 11.4 Å². The normalized spacial score (nSPS) is 13.8. The summed E-state index contributed by atoms with van der Waals surface area (Å²) in [6, 6.07) is 15.8. The van der Waals surface area contributed by atoms with Crippen LogP contribution in [0.4, 0.5) is 16.5 Å². The van der Waals surface area contributed by atoms with Crippen molar-refractivity contribution in [2.45, 2.75) is 19.8 Å². The number of aromatic nitrogens is 1. The number of carbonyl (C=O) groups is 3. The average molecular weight is 391 g/mol. The van der Waals surface area contributed by atoms with Gasteiger partial charge in [-0.25, -0.2) is 4.98 Å². The number of nitrogens with zero attached hydrogens (tertiary/aromatic N) is 3. The molecule has 7 heteroatoms. The van der Waals surface area contributed by atoms with E-state index in [2.05, 4.69) is 4.98 Å². The molecule has 0 atom stereocenters. The molecule has 1 aromatic heterocycles. The standard InChI is InChI=1S/C21H17N3O3S/c1-14-13-28-21(22-14)24(16-5-3-2-4-6-16)20(27)15-7-9-17(10-8-15)23-18(25)11-12-19(23)26/h2-10,13H,11-12H2,1H3. The number of thiazole rings is 1. The number of benzene rings is 2. The fourth-order valence-corrected chi connectivity index (χ4v) is 3.90. The van der Waals surface area contributed by atoms with Crippen LogP contribution in [0.1, 0.15) is 28.9 Å². The highest BCUT2D eigenvalue weighted by Crippen LogP contribution is 2.31. The number of rotatable bonds is 4. The van der Waals surface area contributed by atoms with E-state index in [9.17, 15) is 14.4 Å². The van der Waals surface area contributed by atoms with Gasteiger partial charge in [0, 0.05) is 23.8 Å². The van der Waals surface area contributed by atoms with E-state index in [1.54, 1.807) is 29.2 Å². The molecule has 6 nitrogen and oxygen atoms in total. The maximum atomic E-state index is 13.3. The maximum Gasteiger partial charge on any atom is 0.264 e. The zero-order valence-corrected chi connectivity index (χ0v) is 16.0. The fourth-order valence-electron chi connectivity index (χ4n) is 3.08. The highest BCUT2D eigenvalue weighted by Gasteiger charge is 2.30. The van der Waals surface area contributed by atoms with Crippen LogP contribution in [0.5, 0.6) is 0 Å². The van der Waals surface area contributed by atoms with Crippen LogP contribution in [-0.2, 0) is 9.59 Å². The Balaban J connectivity index is 1.67. The van der Waals surface area contributed by atoms with Gasteiger partial charge in [0.15, 0.2) is 5.13 Å². The lowest BCUT2D eigenvalue weighted by molar-refractivity contribution is -0.121. The lowest BCUT2D eigenvalue weighted by Crippen LogP contribution is -2.29. The predicted octanol–water partition coefficient (Wildman–Crippen LogP) is 4.08. The smallest absolute Gasteiger partial charge is 0.264 e. The van der Waals surface area contributed by atoms with Crippen molar-refractivity contribution >= 4 is 45.6 Å².